The smallest absolute Gasteiger partial charge is 0.272 e. The van der Waals surface area contributed by atoms with Crippen molar-refractivity contribution in [3.05, 3.63) is 68.6 Å². The largest absolute Gasteiger partial charge is 0.440 e. The van der Waals surface area contributed by atoms with Crippen LogP contribution in [-0.4, -0.2) is 9.91 Å². The average Bonchev–Trinajstić information content (AvgIpc) is 2.90. The number of hydrogen-bond donors (Lipinski definition) is 0. The highest BCUT2D eigenvalue weighted by Gasteiger charge is 2.16. The molecular formula is C16H13ClN2O3. The van der Waals surface area contributed by atoms with Crippen LogP contribution in [0.15, 0.2) is 40.8 Å². The van der Waals surface area contributed by atoms with Gasteiger partial charge in [-0.25, -0.2) is 4.98 Å². The molecule has 6 heteroatoms. The second-order valence-electron chi connectivity index (χ2n) is 4.97. The maximum atomic E-state index is 11.0. The molecule has 0 N–H and O–H groups in total. The van der Waals surface area contributed by atoms with Gasteiger partial charge in [-0.3, -0.25) is 10.1 Å². The molecule has 0 bridgehead atoms. The molecule has 0 fully saturated rings. The number of rotatable bonds is 4. The van der Waals surface area contributed by atoms with Gasteiger partial charge >= 0.3 is 0 Å². The third-order valence-electron chi connectivity index (χ3n) is 3.46. The maximum Gasteiger partial charge on any atom is 0.272 e. The summed E-state index contributed by atoms with van der Waals surface area (Å²) in [5, 5.41) is 11.6. The van der Waals surface area contributed by atoms with Gasteiger partial charge in [0.1, 0.15) is 5.52 Å². The SMILES string of the molecule is CCc1cc([N+](=O)[O-])cc2nc(Cc3ccc(Cl)cc3)oc12. The van der Waals surface area contributed by atoms with Gasteiger partial charge in [0.15, 0.2) is 11.5 Å². The second kappa shape index (κ2) is 5.77. The Hall–Kier alpha value is -2.40. The molecule has 0 amide bonds. The number of hydrogen-bond acceptors (Lipinski definition) is 4. The molecule has 0 saturated carbocycles. The van der Waals surface area contributed by atoms with Crippen LogP contribution in [0.3, 0.4) is 0 Å². The first-order chi connectivity index (χ1) is 10.6. The monoisotopic (exact) mass is 316 g/mol. The molecule has 3 rings (SSSR count). The Kier molecular flexibility index (Phi) is 3.81. The number of nitrogens with zero attached hydrogens (tertiary/aromatic N) is 2. The normalized spacial score (nSPS) is 11.0. The molecule has 2 aromatic carbocycles. The van der Waals surface area contributed by atoms with Gasteiger partial charge in [-0.2, -0.15) is 0 Å². The Bertz CT molecular complexity index is 840. The number of halogens is 1. The minimum Gasteiger partial charge on any atom is -0.440 e. The van der Waals surface area contributed by atoms with Crippen molar-refractivity contribution in [3.63, 3.8) is 0 Å². The highest BCUT2D eigenvalue weighted by Crippen LogP contribution is 2.27. The van der Waals surface area contributed by atoms with E-state index in [9.17, 15) is 10.1 Å². The molecule has 1 heterocycles. The minimum atomic E-state index is -0.411. The van der Waals surface area contributed by atoms with E-state index in [1.165, 1.54) is 6.07 Å². The Morgan fingerprint density at radius 2 is 2.00 bits per heavy atom. The second-order valence-corrected chi connectivity index (χ2v) is 5.41. The molecule has 0 aliphatic heterocycles. The van der Waals surface area contributed by atoms with Gasteiger partial charge in [0.25, 0.3) is 5.69 Å². The molecule has 0 radical (unpaired) electrons. The van der Waals surface area contributed by atoms with Gasteiger partial charge in [-0.1, -0.05) is 30.7 Å². The van der Waals surface area contributed by atoms with E-state index in [0.717, 1.165) is 11.1 Å². The van der Waals surface area contributed by atoms with Gasteiger partial charge in [-0.15, -0.1) is 0 Å². The lowest BCUT2D eigenvalue weighted by atomic mass is 10.1. The molecule has 5 nitrogen and oxygen atoms in total. The van der Waals surface area contributed by atoms with Gasteiger partial charge < -0.3 is 4.42 Å². The van der Waals surface area contributed by atoms with Crippen molar-refractivity contribution in [2.45, 2.75) is 19.8 Å². The quantitative estimate of drug-likeness (QED) is 0.523. The lowest BCUT2D eigenvalue weighted by Gasteiger charge is -1.98. The van der Waals surface area contributed by atoms with Crippen LogP contribution in [0, 0.1) is 10.1 Å². The highest BCUT2D eigenvalue weighted by molar-refractivity contribution is 6.30. The van der Waals surface area contributed by atoms with Crippen molar-refractivity contribution >= 4 is 28.4 Å². The molecule has 0 aliphatic carbocycles. The van der Waals surface area contributed by atoms with Gasteiger partial charge in [0.05, 0.1) is 4.92 Å². The van der Waals surface area contributed by atoms with Crippen molar-refractivity contribution in [2.24, 2.45) is 0 Å². The fourth-order valence-corrected chi connectivity index (χ4v) is 2.48. The summed E-state index contributed by atoms with van der Waals surface area (Å²) >= 11 is 5.86. The summed E-state index contributed by atoms with van der Waals surface area (Å²) in [6.07, 6.45) is 1.16. The van der Waals surface area contributed by atoms with E-state index in [1.807, 2.05) is 31.2 Å². The van der Waals surface area contributed by atoms with Crippen LogP contribution in [0.4, 0.5) is 5.69 Å². The molecule has 0 aliphatic rings. The topological polar surface area (TPSA) is 69.2 Å². The summed E-state index contributed by atoms with van der Waals surface area (Å²) in [4.78, 5) is 14.9. The molecule has 0 saturated heterocycles. The third kappa shape index (κ3) is 2.80. The zero-order chi connectivity index (χ0) is 15.7. The van der Waals surface area contributed by atoms with E-state index in [4.69, 9.17) is 16.0 Å². The number of oxazole rings is 1. The average molecular weight is 317 g/mol. The molecule has 112 valence electrons. The summed E-state index contributed by atoms with van der Waals surface area (Å²) in [6.45, 7) is 1.93. The van der Waals surface area contributed by atoms with Crippen molar-refractivity contribution in [1.29, 1.82) is 0 Å². The van der Waals surface area contributed by atoms with Gasteiger partial charge in [-0.05, 0) is 24.1 Å². The van der Waals surface area contributed by atoms with E-state index < -0.39 is 4.92 Å². The van der Waals surface area contributed by atoms with E-state index in [0.29, 0.717) is 34.9 Å². The van der Waals surface area contributed by atoms with E-state index in [1.54, 1.807) is 6.07 Å². The van der Waals surface area contributed by atoms with Crippen LogP contribution in [0.5, 0.6) is 0 Å². The van der Waals surface area contributed by atoms with E-state index >= 15 is 0 Å². The molecule has 1 aromatic heterocycles. The van der Waals surface area contributed by atoms with Crippen molar-refractivity contribution in [2.75, 3.05) is 0 Å². The Morgan fingerprint density at radius 1 is 1.27 bits per heavy atom. The zero-order valence-electron chi connectivity index (χ0n) is 11.9. The first-order valence-electron chi connectivity index (χ1n) is 6.88. The van der Waals surface area contributed by atoms with Crippen LogP contribution >= 0.6 is 11.6 Å². The fourth-order valence-electron chi connectivity index (χ4n) is 2.35. The van der Waals surface area contributed by atoms with Crippen LogP contribution in [0.1, 0.15) is 23.9 Å². The highest BCUT2D eigenvalue weighted by atomic mass is 35.5. The molecule has 22 heavy (non-hydrogen) atoms. The van der Waals surface area contributed by atoms with Crippen LogP contribution in [-0.2, 0) is 12.8 Å². The minimum absolute atomic E-state index is 0.0377. The van der Waals surface area contributed by atoms with Crippen LogP contribution in [0.25, 0.3) is 11.1 Å². The molecule has 0 unspecified atom stereocenters. The Balaban J connectivity index is 2.01. The summed E-state index contributed by atoms with van der Waals surface area (Å²) in [5.74, 6) is 0.535. The third-order valence-corrected chi connectivity index (χ3v) is 3.71. The number of aryl methyl sites for hydroxylation is 1. The van der Waals surface area contributed by atoms with Crippen LogP contribution < -0.4 is 0 Å². The van der Waals surface area contributed by atoms with E-state index in [-0.39, 0.29) is 5.69 Å². The zero-order valence-corrected chi connectivity index (χ0v) is 12.6. The standard InChI is InChI=1S/C16H13ClN2O3/c1-2-11-8-13(19(20)21)9-14-16(11)22-15(18-14)7-10-3-5-12(17)6-4-10/h3-6,8-9H,2,7H2,1H3. The van der Waals surface area contributed by atoms with Gasteiger partial charge in [0, 0.05) is 29.1 Å². The molecule has 3 aromatic rings. The number of non-ortho nitro benzene ring substituents is 1. The first-order valence-corrected chi connectivity index (χ1v) is 7.25. The first kappa shape index (κ1) is 14.5. The number of nitro benzene ring substituents is 1. The number of benzene rings is 2. The number of nitro groups is 1. The summed E-state index contributed by atoms with van der Waals surface area (Å²) in [5.41, 5.74) is 2.99. The lowest BCUT2D eigenvalue weighted by molar-refractivity contribution is -0.384. The maximum absolute atomic E-state index is 11.0. The van der Waals surface area contributed by atoms with Crippen molar-refractivity contribution in [3.8, 4) is 0 Å². The van der Waals surface area contributed by atoms with Gasteiger partial charge in [0.2, 0.25) is 0 Å². The molecule has 0 spiro atoms. The summed E-state index contributed by atoms with van der Waals surface area (Å²) in [6, 6.07) is 10.4. The fraction of sp³-hybridized carbons (Fsp3) is 0.188. The molecule has 0 atom stereocenters. The predicted molar refractivity (Wildman–Crippen MR) is 84.3 cm³/mol. The Labute approximate surface area is 131 Å². The number of fused-ring (bicyclic) bond motifs is 1. The molecular weight excluding hydrogens is 304 g/mol. The van der Waals surface area contributed by atoms with Crippen molar-refractivity contribution in [1.82, 2.24) is 4.98 Å². The lowest BCUT2D eigenvalue weighted by Crippen LogP contribution is -1.90. The number of aromatic nitrogens is 1. The summed E-state index contributed by atoms with van der Waals surface area (Å²) < 4.78 is 5.79. The van der Waals surface area contributed by atoms with E-state index in [2.05, 4.69) is 4.98 Å². The predicted octanol–water partition coefficient (Wildman–Crippen LogP) is 4.54. The summed E-state index contributed by atoms with van der Waals surface area (Å²) in [7, 11) is 0. The van der Waals surface area contributed by atoms with Crippen molar-refractivity contribution < 1.29 is 9.34 Å². The Morgan fingerprint density at radius 3 is 2.64 bits per heavy atom. The van der Waals surface area contributed by atoms with Crippen LogP contribution in [0.2, 0.25) is 5.02 Å².